The first-order valence-electron chi connectivity index (χ1n) is 4.69. The maximum Gasteiger partial charge on any atom is 0.126 e. The molecule has 1 aromatic heterocycles. The Kier molecular flexibility index (Phi) is 2.11. The Morgan fingerprint density at radius 3 is 2.53 bits per heavy atom. The van der Waals surface area contributed by atoms with Gasteiger partial charge in [0, 0.05) is 11.1 Å². The largest absolute Gasteiger partial charge is 0.507 e. The number of aromatic hydroxyl groups is 1. The van der Waals surface area contributed by atoms with Crippen molar-refractivity contribution >= 4 is 5.82 Å². The van der Waals surface area contributed by atoms with Gasteiger partial charge in [0.1, 0.15) is 11.6 Å². The lowest BCUT2D eigenvalue weighted by atomic mass is 9.99. The van der Waals surface area contributed by atoms with Crippen LogP contribution in [0.2, 0.25) is 0 Å². The van der Waals surface area contributed by atoms with Crippen LogP contribution in [0.15, 0.2) is 18.3 Å². The number of hydrogen-bond acceptors (Lipinski definition) is 3. The molecule has 0 radical (unpaired) electrons. The van der Waals surface area contributed by atoms with Gasteiger partial charge in [0.15, 0.2) is 0 Å². The number of nitrogen functional groups attached to an aromatic ring is 1. The second-order valence-corrected chi connectivity index (χ2v) is 3.62. The number of nitrogens with two attached hydrogens (primary N) is 1. The number of aromatic amines is 1. The van der Waals surface area contributed by atoms with E-state index in [0.717, 1.165) is 22.3 Å². The molecule has 1 aromatic carbocycles. The van der Waals surface area contributed by atoms with Crippen LogP contribution in [0.5, 0.6) is 5.75 Å². The second kappa shape index (κ2) is 3.31. The molecular formula is C11H13N3O. The molecule has 15 heavy (non-hydrogen) atoms. The lowest BCUT2D eigenvalue weighted by molar-refractivity contribution is 0.473. The molecule has 0 bridgehead atoms. The number of phenolic OH excluding ortho intramolecular Hbond substituents is 1. The summed E-state index contributed by atoms with van der Waals surface area (Å²) in [5.41, 5.74) is 9.03. The summed E-state index contributed by atoms with van der Waals surface area (Å²) in [7, 11) is 0. The van der Waals surface area contributed by atoms with Crippen LogP contribution in [-0.4, -0.2) is 15.3 Å². The summed E-state index contributed by atoms with van der Waals surface area (Å²) in [6.45, 7) is 3.79. The fourth-order valence-corrected chi connectivity index (χ4v) is 1.63. The van der Waals surface area contributed by atoms with Gasteiger partial charge in [-0.2, -0.15) is 5.10 Å². The molecule has 2 aromatic rings. The van der Waals surface area contributed by atoms with E-state index in [4.69, 9.17) is 5.73 Å². The van der Waals surface area contributed by atoms with E-state index < -0.39 is 0 Å². The van der Waals surface area contributed by atoms with Crippen LogP contribution in [0.4, 0.5) is 5.82 Å². The van der Waals surface area contributed by atoms with E-state index in [1.165, 1.54) is 0 Å². The maximum absolute atomic E-state index is 9.98. The molecule has 0 spiro atoms. The number of nitrogens with one attached hydrogen (secondary N) is 1. The summed E-state index contributed by atoms with van der Waals surface area (Å²) in [5, 5.41) is 16.5. The molecule has 0 fully saturated rings. The molecule has 0 amide bonds. The second-order valence-electron chi connectivity index (χ2n) is 3.62. The molecule has 0 unspecified atom stereocenters. The summed E-state index contributed by atoms with van der Waals surface area (Å²) in [6, 6.07) is 3.83. The highest BCUT2D eigenvalue weighted by atomic mass is 16.3. The van der Waals surface area contributed by atoms with E-state index in [-0.39, 0.29) is 5.75 Å². The van der Waals surface area contributed by atoms with Crippen molar-refractivity contribution < 1.29 is 5.11 Å². The number of H-pyrrole nitrogens is 1. The van der Waals surface area contributed by atoms with Gasteiger partial charge in [0.25, 0.3) is 0 Å². The molecule has 1 heterocycles. The van der Waals surface area contributed by atoms with Gasteiger partial charge in [-0.15, -0.1) is 0 Å². The quantitative estimate of drug-likeness (QED) is 0.663. The summed E-state index contributed by atoms with van der Waals surface area (Å²) < 4.78 is 0. The molecule has 0 aliphatic heterocycles. The fourth-order valence-electron chi connectivity index (χ4n) is 1.63. The van der Waals surface area contributed by atoms with E-state index in [2.05, 4.69) is 10.2 Å². The molecule has 4 nitrogen and oxygen atoms in total. The summed E-state index contributed by atoms with van der Waals surface area (Å²) in [4.78, 5) is 0. The highest BCUT2D eigenvalue weighted by Gasteiger charge is 2.13. The van der Waals surface area contributed by atoms with Crippen LogP contribution in [0.3, 0.4) is 0 Å². The molecule has 78 valence electrons. The minimum Gasteiger partial charge on any atom is -0.507 e. The van der Waals surface area contributed by atoms with Crippen LogP contribution < -0.4 is 5.73 Å². The number of rotatable bonds is 1. The SMILES string of the molecule is Cc1ccc(C)c(-c2cn[nH]c2N)c1O. The summed E-state index contributed by atoms with van der Waals surface area (Å²) >= 11 is 0. The van der Waals surface area contributed by atoms with Gasteiger partial charge in [-0.25, -0.2) is 0 Å². The van der Waals surface area contributed by atoms with Crippen molar-refractivity contribution in [3.63, 3.8) is 0 Å². The van der Waals surface area contributed by atoms with Crippen molar-refractivity contribution in [3.05, 3.63) is 29.5 Å². The Bertz CT molecular complexity index is 503. The average molecular weight is 203 g/mol. The van der Waals surface area contributed by atoms with E-state index in [1.807, 2.05) is 26.0 Å². The standard InChI is InChI=1S/C11H13N3O/c1-6-3-4-7(2)10(15)9(6)8-5-13-14-11(8)12/h3-5,15H,1-2H3,(H3,12,13,14). The molecule has 0 atom stereocenters. The first kappa shape index (κ1) is 9.58. The highest BCUT2D eigenvalue weighted by molar-refractivity contribution is 5.81. The molecule has 0 aliphatic carbocycles. The summed E-state index contributed by atoms with van der Waals surface area (Å²) in [5.74, 6) is 0.738. The molecule has 0 saturated carbocycles. The lowest BCUT2D eigenvalue weighted by Crippen LogP contribution is -1.91. The first-order valence-corrected chi connectivity index (χ1v) is 4.69. The topological polar surface area (TPSA) is 74.9 Å². The van der Waals surface area contributed by atoms with E-state index in [0.29, 0.717) is 5.82 Å². The van der Waals surface area contributed by atoms with Crippen molar-refractivity contribution in [1.29, 1.82) is 0 Å². The molecule has 0 aliphatic rings. The Morgan fingerprint density at radius 1 is 1.27 bits per heavy atom. The minimum absolute atomic E-state index is 0.267. The van der Waals surface area contributed by atoms with Crippen molar-refractivity contribution in [3.8, 4) is 16.9 Å². The normalized spacial score (nSPS) is 10.5. The van der Waals surface area contributed by atoms with Gasteiger partial charge in [-0.3, -0.25) is 5.10 Å². The van der Waals surface area contributed by atoms with E-state index in [9.17, 15) is 5.11 Å². The predicted octanol–water partition coefficient (Wildman–Crippen LogP) is 1.98. The summed E-state index contributed by atoms with van der Waals surface area (Å²) in [6.07, 6.45) is 1.62. The van der Waals surface area contributed by atoms with Gasteiger partial charge < -0.3 is 10.8 Å². The van der Waals surface area contributed by atoms with Crippen molar-refractivity contribution in [2.75, 3.05) is 5.73 Å². The number of phenols is 1. The van der Waals surface area contributed by atoms with E-state index in [1.54, 1.807) is 6.20 Å². The van der Waals surface area contributed by atoms with Gasteiger partial charge in [0.05, 0.1) is 6.20 Å². The van der Waals surface area contributed by atoms with Crippen molar-refractivity contribution in [2.24, 2.45) is 0 Å². The Balaban J connectivity index is 2.72. The molecule has 4 heteroatoms. The molecule has 4 N–H and O–H groups in total. The third-order valence-electron chi connectivity index (χ3n) is 2.53. The fraction of sp³-hybridized carbons (Fsp3) is 0.182. The first-order chi connectivity index (χ1) is 7.11. The third-order valence-corrected chi connectivity index (χ3v) is 2.53. The third kappa shape index (κ3) is 1.44. The molecular weight excluding hydrogens is 190 g/mol. The van der Waals surface area contributed by atoms with Crippen LogP contribution in [0.1, 0.15) is 11.1 Å². The number of hydrogen-bond donors (Lipinski definition) is 3. The smallest absolute Gasteiger partial charge is 0.126 e. The zero-order chi connectivity index (χ0) is 11.0. The Hall–Kier alpha value is -1.97. The number of aromatic nitrogens is 2. The Labute approximate surface area is 87.7 Å². The zero-order valence-corrected chi connectivity index (χ0v) is 8.70. The monoisotopic (exact) mass is 203 g/mol. The van der Waals surface area contributed by atoms with Crippen LogP contribution in [-0.2, 0) is 0 Å². The Morgan fingerprint density at radius 2 is 1.93 bits per heavy atom. The maximum atomic E-state index is 9.98. The van der Waals surface area contributed by atoms with Gasteiger partial charge in [-0.1, -0.05) is 12.1 Å². The van der Waals surface area contributed by atoms with E-state index >= 15 is 0 Å². The number of benzene rings is 1. The highest BCUT2D eigenvalue weighted by Crippen LogP contribution is 2.36. The van der Waals surface area contributed by atoms with Gasteiger partial charge in [0.2, 0.25) is 0 Å². The lowest BCUT2D eigenvalue weighted by Gasteiger charge is -2.09. The number of aryl methyl sites for hydroxylation is 2. The molecule has 0 saturated heterocycles. The van der Waals surface area contributed by atoms with Crippen LogP contribution in [0, 0.1) is 13.8 Å². The minimum atomic E-state index is 0.267. The van der Waals surface area contributed by atoms with Crippen molar-refractivity contribution in [2.45, 2.75) is 13.8 Å². The van der Waals surface area contributed by atoms with Crippen molar-refractivity contribution in [1.82, 2.24) is 10.2 Å². The van der Waals surface area contributed by atoms with Gasteiger partial charge in [-0.05, 0) is 25.0 Å². The average Bonchev–Trinajstić information content (AvgIpc) is 2.60. The molecule has 2 rings (SSSR count). The zero-order valence-electron chi connectivity index (χ0n) is 8.70. The van der Waals surface area contributed by atoms with Crippen LogP contribution in [0.25, 0.3) is 11.1 Å². The predicted molar refractivity (Wildman–Crippen MR) is 59.6 cm³/mol. The number of anilines is 1. The number of nitrogens with zero attached hydrogens (tertiary/aromatic N) is 1. The van der Waals surface area contributed by atoms with Crippen LogP contribution >= 0.6 is 0 Å². The van der Waals surface area contributed by atoms with Gasteiger partial charge >= 0.3 is 0 Å².